The minimum atomic E-state index is -0.990. The van der Waals surface area contributed by atoms with Crippen LogP contribution in [-0.2, 0) is 36.8 Å². The summed E-state index contributed by atoms with van der Waals surface area (Å²) >= 11 is 0. The van der Waals surface area contributed by atoms with Crippen molar-refractivity contribution < 1.29 is 28.7 Å². The van der Waals surface area contributed by atoms with E-state index in [2.05, 4.69) is 10.6 Å². The van der Waals surface area contributed by atoms with Gasteiger partial charge in [0.1, 0.15) is 23.9 Å². The number of hydrogen-bond donors (Lipinski definition) is 4. The quantitative estimate of drug-likeness (QED) is 0.204. The van der Waals surface area contributed by atoms with Crippen LogP contribution >= 0.6 is 0 Å². The zero-order valence-corrected chi connectivity index (χ0v) is 24.4. The third-order valence-corrected chi connectivity index (χ3v) is 7.08. The molecule has 4 amide bonds. The van der Waals surface area contributed by atoms with Crippen molar-refractivity contribution in [3.05, 3.63) is 65.7 Å². The van der Waals surface area contributed by atoms with E-state index in [0.717, 1.165) is 11.1 Å². The molecule has 1 aliphatic heterocycles. The number of nitrogens with two attached hydrogens (primary N) is 2. The van der Waals surface area contributed by atoms with Crippen LogP contribution in [0.3, 0.4) is 0 Å². The Morgan fingerprint density at radius 2 is 1.57 bits per heavy atom. The first-order valence-corrected chi connectivity index (χ1v) is 14.2. The lowest BCUT2D eigenvalue weighted by Crippen LogP contribution is -2.57. The maximum absolute atomic E-state index is 13.5. The summed E-state index contributed by atoms with van der Waals surface area (Å²) in [6.07, 6.45) is 1.82. The van der Waals surface area contributed by atoms with Crippen LogP contribution in [-0.4, -0.2) is 65.2 Å². The van der Waals surface area contributed by atoms with E-state index in [0.29, 0.717) is 31.6 Å². The molecule has 1 fully saturated rings. The molecule has 226 valence electrons. The molecule has 42 heavy (non-hydrogen) atoms. The number of carbonyl (C=O) groups excluding carboxylic acids is 5. The summed E-state index contributed by atoms with van der Waals surface area (Å²) < 4.78 is 5.04. The summed E-state index contributed by atoms with van der Waals surface area (Å²) in [6.45, 7) is 5.51. The first-order valence-electron chi connectivity index (χ1n) is 14.2. The molecule has 0 radical (unpaired) electrons. The van der Waals surface area contributed by atoms with Crippen molar-refractivity contribution in [2.75, 3.05) is 6.54 Å². The lowest BCUT2D eigenvalue weighted by atomic mass is 10.0. The minimum Gasteiger partial charge on any atom is -0.427 e. The molecular weight excluding hydrogens is 538 g/mol. The normalized spacial score (nSPS) is 16.8. The molecule has 6 N–H and O–H groups in total. The Labute approximate surface area is 246 Å². The van der Waals surface area contributed by atoms with Crippen LogP contribution in [0.2, 0.25) is 0 Å². The fraction of sp³-hybridized carbons (Fsp3) is 0.452. The zero-order chi connectivity index (χ0) is 30.8. The topological polar surface area (TPSA) is 174 Å². The minimum absolute atomic E-state index is 0.110. The lowest BCUT2D eigenvalue weighted by Gasteiger charge is -2.29. The van der Waals surface area contributed by atoms with Gasteiger partial charge in [-0.2, -0.15) is 0 Å². The number of carbonyl (C=O) groups is 5. The van der Waals surface area contributed by atoms with Crippen molar-refractivity contribution in [1.29, 1.82) is 0 Å². The van der Waals surface area contributed by atoms with Crippen molar-refractivity contribution in [2.24, 2.45) is 17.4 Å². The van der Waals surface area contributed by atoms with E-state index in [1.54, 1.807) is 24.3 Å². The van der Waals surface area contributed by atoms with Crippen LogP contribution in [0.5, 0.6) is 5.75 Å². The Balaban J connectivity index is 1.70. The molecule has 0 spiro atoms. The van der Waals surface area contributed by atoms with Crippen LogP contribution in [0, 0.1) is 5.92 Å². The molecule has 0 aromatic heterocycles. The number of nitrogens with one attached hydrogen (secondary N) is 2. The summed E-state index contributed by atoms with van der Waals surface area (Å²) in [4.78, 5) is 64.8. The Kier molecular flexibility index (Phi) is 11.6. The second-order valence-corrected chi connectivity index (χ2v) is 11.1. The molecule has 1 aliphatic rings. The zero-order valence-electron chi connectivity index (χ0n) is 24.4. The molecule has 0 saturated carbocycles. The molecule has 2 aromatic rings. The van der Waals surface area contributed by atoms with E-state index >= 15 is 0 Å². The number of esters is 1. The van der Waals surface area contributed by atoms with Crippen molar-refractivity contribution in [3.63, 3.8) is 0 Å². The Morgan fingerprint density at radius 1 is 0.929 bits per heavy atom. The average Bonchev–Trinajstić information content (AvgIpc) is 3.43. The largest absolute Gasteiger partial charge is 0.427 e. The molecule has 3 rings (SSSR count). The number of hydrogen-bond acceptors (Lipinski definition) is 7. The Morgan fingerprint density at radius 3 is 2.17 bits per heavy atom. The van der Waals surface area contributed by atoms with Gasteiger partial charge in [0.25, 0.3) is 0 Å². The molecule has 11 nitrogen and oxygen atoms in total. The summed E-state index contributed by atoms with van der Waals surface area (Å²) in [5.41, 5.74) is 13.4. The van der Waals surface area contributed by atoms with Gasteiger partial charge >= 0.3 is 5.97 Å². The smallest absolute Gasteiger partial charge is 0.308 e. The number of rotatable bonds is 13. The predicted octanol–water partition coefficient (Wildman–Crippen LogP) is 1.22. The van der Waals surface area contributed by atoms with Gasteiger partial charge in [-0.05, 0) is 54.9 Å². The van der Waals surface area contributed by atoms with Gasteiger partial charge in [-0.1, -0.05) is 56.3 Å². The number of benzene rings is 2. The summed E-state index contributed by atoms with van der Waals surface area (Å²) in [5, 5.41) is 5.52. The summed E-state index contributed by atoms with van der Waals surface area (Å²) in [7, 11) is 0. The third-order valence-electron chi connectivity index (χ3n) is 7.08. The first kappa shape index (κ1) is 32.3. The van der Waals surface area contributed by atoms with Gasteiger partial charge in [-0.15, -0.1) is 0 Å². The highest BCUT2D eigenvalue weighted by Crippen LogP contribution is 2.21. The standard InChI is InChI=1S/C31H41N5O6/c1-19(2)16-25(28(33)38)34-29(39)26(18-21-8-5-4-6-9-21)35-30(40)27-10-7-15-36(27)31(41)24(32)17-22-11-13-23(14-12-22)42-20(3)37/h4-6,8-9,11-14,19,24-27H,7,10,15-18,32H2,1-3H3,(H2,33,38)(H,34,39)(H,35,40)/t24-,25+,26-,27-/m0/s1. The highest BCUT2D eigenvalue weighted by molar-refractivity contribution is 5.95. The van der Waals surface area contributed by atoms with Crippen LogP contribution in [0.15, 0.2) is 54.6 Å². The molecule has 0 bridgehead atoms. The van der Waals surface area contributed by atoms with Gasteiger partial charge < -0.3 is 31.7 Å². The molecule has 0 aliphatic carbocycles. The second-order valence-electron chi connectivity index (χ2n) is 11.1. The van der Waals surface area contributed by atoms with Gasteiger partial charge in [0, 0.05) is 19.9 Å². The number of ether oxygens (including phenoxy) is 1. The van der Waals surface area contributed by atoms with E-state index in [1.165, 1.54) is 11.8 Å². The van der Waals surface area contributed by atoms with Gasteiger partial charge in [0.2, 0.25) is 23.6 Å². The van der Waals surface area contributed by atoms with E-state index in [9.17, 15) is 24.0 Å². The highest BCUT2D eigenvalue weighted by atomic mass is 16.5. The molecule has 1 heterocycles. The molecule has 4 atom stereocenters. The van der Waals surface area contributed by atoms with Crippen LogP contribution in [0.25, 0.3) is 0 Å². The molecule has 0 unspecified atom stereocenters. The SMILES string of the molecule is CC(=O)Oc1ccc(C[C@H](N)C(=O)N2CCC[C@H]2C(=O)N[C@@H](Cc2ccccc2)C(=O)N[C@H](CC(C)C)C(N)=O)cc1. The van der Waals surface area contributed by atoms with Crippen molar-refractivity contribution in [3.8, 4) is 5.75 Å². The monoisotopic (exact) mass is 579 g/mol. The van der Waals surface area contributed by atoms with Crippen molar-refractivity contribution in [2.45, 2.75) is 77.0 Å². The number of amides is 4. The van der Waals surface area contributed by atoms with Crippen LogP contribution < -0.4 is 26.8 Å². The third kappa shape index (κ3) is 9.41. The summed E-state index contributed by atoms with van der Waals surface area (Å²) in [6, 6.07) is 12.4. The van der Waals surface area contributed by atoms with Gasteiger partial charge in [-0.3, -0.25) is 24.0 Å². The van der Waals surface area contributed by atoms with Crippen LogP contribution in [0.1, 0.15) is 51.2 Å². The number of primary amides is 1. The van der Waals surface area contributed by atoms with Crippen molar-refractivity contribution >= 4 is 29.6 Å². The highest BCUT2D eigenvalue weighted by Gasteiger charge is 2.38. The first-order chi connectivity index (χ1) is 19.9. The maximum Gasteiger partial charge on any atom is 0.308 e. The Bertz CT molecular complexity index is 1250. The molecule has 11 heteroatoms. The van der Waals surface area contributed by atoms with E-state index < -0.39 is 47.9 Å². The van der Waals surface area contributed by atoms with Crippen molar-refractivity contribution in [1.82, 2.24) is 15.5 Å². The fourth-order valence-corrected chi connectivity index (χ4v) is 5.03. The van der Waals surface area contributed by atoms with Gasteiger partial charge in [0.15, 0.2) is 0 Å². The second kappa shape index (κ2) is 15.1. The number of likely N-dealkylation sites (tertiary alicyclic amines) is 1. The van der Waals surface area contributed by atoms with Gasteiger partial charge in [0.05, 0.1) is 6.04 Å². The predicted molar refractivity (Wildman–Crippen MR) is 157 cm³/mol. The average molecular weight is 580 g/mol. The van der Waals surface area contributed by atoms with E-state index in [1.807, 2.05) is 44.2 Å². The van der Waals surface area contributed by atoms with E-state index in [-0.39, 0.29) is 24.7 Å². The molecule has 2 aromatic carbocycles. The fourth-order valence-electron chi connectivity index (χ4n) is 5.03. The molecular formula is C31H41N5O6. The van der Waals surface area contributed by atoms with Crippen LogP contribution in [0.4, 0.5) is 0 Å². The van der Waals surface area contributed by atoms with E-state index in [4.69, 9.17) is 16.2 Å². The summed E-state index contributed by atoms with van der Waals surface area (Å²) in [5.74, 6) is -1.94. The van der Waals surface area contributed by atoms with Gasteiger partial charge in [-0.25, -0.2) is 0 Å². The number of nitrogens with zero attached hydrogens (tertiary/aromatic N) is 1. The maximum atomic E-state index is 13.5. The molecule has 1 saturated heterocycles. The lowest BCUT2D eigenvalue weighted by molar-refractivity contribution is -0.140. The Hall–Kier alpha value is -4.25.